The van der Waals surface area contributed by atoms with Crippen LogP contribution in [0.1, 0.15) is 5.69 Å². The van der Waals surface area contributed by atoms with Crippen molar-refractivity contribution in [1.82, 2.24) is 9.97 Å². The van der Waals surface area contributed by atoms with Crippen molar-refractivity contribution in [2.45, 2.75) is 0 Å². The predicted octanol–water partition coefficient (Wildman–Crippen LogP) is 0.394. The maximum absolute atomic E-state index is 4.64. The summed E-state index contributed by atoms with van der Waals surface area (Å²) in [7, 11) is 0. The first-order valence-corrected chi connectivity index (χ1v) is 6.58. The Balaban J connectivity index is 1.88. The Bertz CT molecular complexity index is 952. The number of rotatable bonds is 1. The number of H-pyrrole nitrogens is 2. The number of benzene rings is 1. The molecule has 20 heavy (non-hydrogen) atoms. The topological polar surface area (TPSA) is 43.9 Å². The largest absolute Gasteiger partial charge is 0.362 e. The van der Waals surface area contributed by atoms with Gasteiger partial charge in [0.1, 0.15) is 0 Å². The molecule has 0 spiro atoms. The van der Waals surface area contributed by atoms with E-state index < -0.39 is 0 Å². The molecule has 3 heteroatoms. The lowest BCUT2D eigenvalue weighted by Gasteiger charge is -1.85. The number of aromatic amines is 2. The Kier molecular flexibility index (Phi) is 2.42. The Labute approximate surface area is 115 Å². The fraction of sp³-hybridized carbons (Fsp3) is 0. The van der Waals surface area contributed by atoms with Crippen LogP contribution in [-0.2, 0) is 0 Å². The molecule has 0 radical (unpaired) electrons. The Morgan fingerprint density at radius 1 is 0.950 bits per heavy atom. The summed E-state index contributed by atoms with van der Waals surface area (Å²) in [5, 5.41) is 4.31. The van der Waals surface area contributed by atoms with Gasteiger partial charge in [0, 0.05) is 22.5 Å². The predicted molar refractivity (Wildman–Crippen MR) is 79.5 cm³/mol. The van der Waals surface area contributed by atoms with Crippen LogP contribution >= 0.6 is 0 Å². The molecule has 0 saturated heterocycles. The van der Waals surface area contributed by atoms with Crippen molar-refractivity contribution in [1.29, 1.82) is 0 Å². The van der Waals surface area contributed by atoms with E-state index in [1.54, 1.807) is 0 Å². The number of para-hydroxylation sites is 1. The number of hydrogen-bond acceptors (Lipinski definition) is 1. The van der Waals surface area contributed by atoms with Crippen LogP contribution in [0.4, 0.5) is 0 Å². The SMILES string of the molecule is C(c1ccc[nH]1)=c1ccc(=C2C=c3ccccc3=N2)[nH]1. The molecule has 4 rings (SSSR count). The van der Waals surface area contributed by atoms with Crippen molar-refractivity contribution in [3.63, 3.8) is 0 Å². The third kappa shape index (κ3) is 1.89. The summed E-state index contributed by atoms with van der Waals surface area (Å²) >= 11 is 0. The summed E-state index contributed by atoms with van der Waals surface area (Å²) in [6, 6.07) is 16.3. The van der Waals surface area contributed by atoms with Crippen LogP contribution in [-0.4, -0.2) is 9.97 Å². The van der Waals surface area contributed by atoms with Gasteiger partial charge in [0.05, 0.1) is 16.4 Å². The highest BCUT2D eigenvalue weighted by atomic mass is 14.8. The summed E-state index contributed by atoms with van der Waals surface area (Å²) < 4.78 is 0. The van der Waals surface area contributed by atoms with Crippen molar-refractivity contribution in [3.8, 4) is 0 Å². The molecule has 1 aliphatic heterocycles. The van der Waals surface area contributed by atoms with E-state index in [0.717, 1.165) is 27.4 Å². The minimum atomic E-state index is 0.984. The van der Waals surface area contributed by atoms with Crippen LogP contribution in [0, 0.1) is 0 Å². The van der Waals surface area contributed by atoms with Crippen LogP contribution in [0.3, 0.4) is 0 Å². The zero-order chi connectivity index (χ0) is 13.4. The van der Waals surface area contributed by atoms with E-state index in [1.165, 1.54) is 5.22 Å². The van der Waals surface area contributed by atoms with Crippen LogP contribution in [0.2, 0.25) is 0 Å². The zero-order valence-electron chi connectivity index (χ0n) is 10.8. The van der Waals surface area contributed by atoms with E-state index in [1.807, 2.05) is 36.5 Å². The second kappa shape index (κ2) is 4.38. The number of nitrogens with zero attached hydrogens (tertiary/aromatic N) is 1. The minimum absolute atomic E-state index is 0.984. The third-order valence-electron chi connectivity index (χ3n) is 3.39. The average Bonchev–Trinajstić information content (AvgIpc) is 3.18. The molecule has 0 aliphatic carbocycles. The average molecular weight is 259 g/mol. The molecule has 3 nitrogen and oxygen atoms in total. The van der Waals surface area contributed by atoms with Crippen molar-refractivity contribution >= 4 is 17.8 Å². The standard InChI is InChI=1S/C17H13N3/c1-2-6-15-12(4-1)10-17(20-15)16-8-7-14(19-16)11-13-5-3-9-18-13/h1-11,18-19H. The molecule has 0 amide bonds. The maximum atomic E-state index is 4.64. The highest BCUT2D eigenvalue weighted by Gasteiger charge is 2.01. The molecular weight excluding hydrogens is 246 g/mol. The summed E-state index contributed by atoms with van der Waals surface area (Å²) in [5.41, 5.74) is 2.07. The van der Waals surface area contributed by atoms with E-state index in [9.17, 15) is 0 Å². The molecular formula is C17H13N3. The van der Waals surface area contributed by atoms with Gasteiger partial charge in [-0.1, -0.05) is 18.2 Å². The molecule has 1 aromatic carbocycles. The smallest absolute Gasteiger partial charge is 0.0878 e. The molecule has 3 aromatic rings. The van der Waals surface area contributed by atoms with Gasteiger partial charge in [0.15, 0.2) is 0 Å². The third-order valence-corrected chi connectivity index (χ3v) is 3.39. The van der Waals surface area contributed by atoms with Gasteiger partial charge in [0.25, 0.3) is 0 Å². The highest BCUT2D eigenvalue weighted by Crippen LogP contribution is 1.99. The fourth-order valence-electron chi connectivity index (χ4n) is 2.41. The lowest BCUT2D eigenvalue weighted by molar-refractivity contribution is 1.24. The molecule has 0 bridgehead atoms. The van der Waals surface area contributed by atoms with Gasteiger partial charge in [-0.15, -0.1) is 0 Å². The van der Waals surface area contributed by atoms with E-state index in [2.05, 4.69) is 45.3 Å². The second-order valence-electron chi connectivity index (χ2n) is 4.80. The van der Waals surface area contributed by atoms with Crippen molar-refractivity contribution in [2.75, 3.05) is 0 Å². The van der Waals surface area contributed by atoms with Crippen molar-refractivity contribution in [3.05, 3.63) is 81.7 Å². The van der Waals surface area contributed by atoms with Crippen molar-refractivity contribution < 1.29 is 0 Å². The quantitative estimate of drug-likeness (QED) is 0.635. The molecule has 0 unspecified atom stereocenters. The van der Waals surface area contributed by atoms with Crippen LogP contribution in [0.25, 0.3) is 17.8 Å². The molecule has 0 saturated carbocycles. The molecule has 0 atom stereocenters. The molecule has 0 fully saturated rings. The van der Waals surface area contributed by atoms with Crippen LogP contribution in [0.5, 0.6) is 0 Å². The number of nitrogens with one attached hydrogen (secondary N) is 2. The lowest BCUT2D eigenvalue weighted by atomic mass is 10.3. The Morgan fingerprint density at radius 2 is 1.90 bits per heavy atom. The molecule has 3 heterocycles. The van der Waals surface area contributed by atoms with Crippen LogP contribution < -0.4 is 21.3 Å². The Morgan fingerprint density at radius 3 is 2.75 bits per heavy atom. The minimum Gasteiger partial charge on any atom is -0.362 e. The number of hydrogen-bond donors (Lipinski definition) is 2. The lowest BCUT2D eigenvalue weighted by Crippen LogP contribution is -2.19. The van der Waals surface area contributed by atoms with Gasteiger partial charge in [-0.05, 0) is 42.5 Å². The zero-order valence-corrected chi connectivity index (χ0v) is 10.8. The number of fused-ring (bicyclic) bond motifs is 1. The first-order chi connectivity index (χ1) is 9.88. The van der Waals surface area contributed by atoms with Crippen LogP contribution in [0.15, 0.2) is 59.7 Å². The van der Waals surface area contributed by atoms with E-state index in [0.29, 0.717) is 0 Å². The highest BCUT2D eigenvalue weighted by molar-refractivity contribution is 5.76. The molecule has 1 aliphatic rings. The molecule has 2 aromatic heterocycles. The summed E-state index contributed by atoms with van der Waals surface area (Å²) in [6.45, 7) is 0. The fourth-order valence-corrected chi connectivity index (χ4v) is 2.41. The van der Waals surface area contributed by atoms with E-state index in [-0.39, 0.29) is 0 Å². The van der Waals surface area contributed by atoms with Gasteiger partial charge < -0.3 is 9.97 Å². The molecule has 96 valence electrons. The van der Waals surface area contributed by atoms with Gasteiger partial charge in [-0.25, -0.2) is 4.99 Å². The van der Waals surface area contributed by atoms with E-state index >= 15 is 0 Å². The normalized spacial score (nSPS) is 16.7. The summed E-state index contributed by atoms with van der Waals surface area (Å²) in [6.07, 6.45) is 6.10. The summed E-state index contributed by atoms with van der Waals surface area (Å²) in [5.74, 6) is 0. The van der Waals surface area contributed by atoms with Gasteiger partial charge in [-0.3, -0.25) is 0 Å². The summed E-state index contributed by atoms with van der Waals surface area (Å²) in [4.78, 5) is 11.2. The first-order valence-electron chi connectivity index (χ1n) is 6.58. The monoisotopic (exact) mass is 259 g/mol. The Hall–Kier alpha value is -2.81. The van der Waals surface area contributed by atoms with Gasteiger partial charge in [0.2, 0.25) is 0 Å². The number of aromatic nitrogens is 2. The molecule has 2 N–H and O–H groups in total. The van der Waals surface area contributed by atoms with Crippen molar-refractivity contribution in [2.24, 2.45) is 4.99 Å². The second-order valence-corrected chi connectivity index (χ2v) is 4.80. The first kappa shape index (κ1) is 11.1. The van der Waals surface area contributed by atoms with E-state index in [4.69, 9.17) is 0 Å². The maximum Gasteiger partial charge on any atom is 0.0878 e. The van der Waals surface area contributed by atoms with Gasteiger partial charge >= 0.3 is 0 Å². The van der Waals surface area contributed by atoms with Gasteiger partial charge in [-0.2, -0.15) is 0 Å².